The van der Waals surface area contributed by atoms with Crippen LogP contribution in [0.4, 0.5) is 5.69 Å². The molecule has 2 aliphatic rings. The van der Waals surface area contributed by atoms with Crippen molar-refractivity contribution in [1.82, 2.24) is 0 Å². The zero-order valence-electron chi connectivity index (χ0n) is 13.0. The molecule has 0 atom stereocenters. The van der Waals surface area contributed by atoms with Crippen LogP contribution in [0.2, 0.25) is 0 Å². The summed E-state index contributed by atoms with van der Waals surface area (Å²) in [6, 6.07) is 8.65. The van der Waals surface area contributed by atoms with Crippen molar-refractivity contribution in [2.45, 2.75) is 38.5 Å². The van der Waals surface area contributed by atoms with Crippen molar-refractivity contribution >= 4 is 17.3 Å². The lowest BCUT2D eigenvalue weighted by molar-refractivity contribution is 0.640. The van der Waals surface area contributed by atoms with E-state index < -0.39 is 0 Å². The number of halogens is 1. The summed E-state index contributed by atoms with van der Waals surface area (Å²) in [6.45, 7) is 4.58. The average molecular weight is 300 g/mol. The molecule has 2 heteroatoms. The van der Waals surface area contributed by atoms with E-state index in [4.69, 9.17) is 11.6 Å². The lowest BCUT2D eigenvalue weighted by Gasteiger charge is -2.24. The Balaban J connectivity index is 2.00. The molecule has 1 aliphatic heterocycles. The maximum atomic E-state index is 6.31. The van der Waals surface area contributed by atoms with E-state index in [9.17, 15) is 0 Å². The molecule has 0 saturated carbocycles. The van der Waals surface area contributed by atoms with Gasteiger partial charge < -0.3 is 4.90 Å². The van der Waals surface area contributed by atoms with E-state index in [1.807, 2.05) is 0 Å². The Morgan fingerprint density at radius 2 is 1.95 bits per heavy atom. The predicted molar refractivity (Wildman–Crippen MR) is 91.8 cm³/mol. The maximum Gasteiger partial charge on any atom is 0.0447 e. The van der Waals surface area contributed by atoms with E-state index >= 15 is 0 Å². The average Bonchev–Trinajstić information content (AvgIpc) is 2.67. The van der Waals surface area contributed by atoms with Gasteiger partial charge in [-0.15, -0.1) is 0 Å². The van der Waals surface area contributed by atoms with Crippen molar-refractivity contribution in [3.8, 4) is 0 Å². The zero-order chi connectivity index (χ0) is 15.0. The number of fused-ring (bicyclic) bond motifs is 1. The Kier molecular flexibility index (Phi) is 3.71. The number of likely N-dealkylation sites (N-methyl/N-ethyl adjacent to an activating group) is 1. The van der Waals surface area contributed by atoms with E-state index in [0.717, 1.165) is 17.9 Å². The zero-order valence-corrected chi connectivity index (χ0v) is 13.7. The third-order valence-corrected chi connectivity index (χ3v) is 5.06. The third-order valence-electron chi connectivity index (χ3n) is 4.66. The fraction of sp³-hybridized carbons (Fsp3) is 0.368. The number of benzene rings is 1. The second kappa shape index (κ2) is 5.38. The van der Waals surface area contributed by atoms with Crippen LogP contribution in [0.15, 0.2) is 58.8 Å². The standard InChI is InChI=1S/C19H22ClN/c1-19(2)15-9-5-7-11-17(15)21(3)18(19)13-12-14-8-4-6-10-16(14)20/h5,7,9-13H,4,6,8H2,1-3H3. The fourth-order valence-corrected chi connectivity index (χ4v) is 3.68. The van der Waals surface area contributed by atoms with Gasteiger partial charge in [0.1, 0.15) is 0 Å². The van der Waals surface area contributed by atoms with Crippen molar-refractivity contribution in [1.29, 1.82) is 0 Å². The van der Waals surface area contributed by atoms with Crippen molar-refractivity contribution in [3.63, 3.8) is 0 Å². The SMILES string of the molecule is CN1C(=CC=C2CCCC=C2Cl)C(C)(C)c2ccccc21. The van der Waals surface area contributed by atoms with Crippen LogP contribution in [-0.4, -0.2) is 7.05 Å². The second-order valence-corrected chi connectivity index (χ2v) is 6.80. The van der Waals surface area contributed by atoms with Crippen LogP contribution < -0.4 is 4.90 Å². The van der Waals surface area contributed by atoms with Crippen LogP contribution in [0, 0.1) is 0 Å². The first-order chi connectivity index (χ1) is 10.0. The minimum absolute atomic E-state index is 0.0350. The molecule has 21 heavy (non-hydrogen) atoms. The molecule has 0 amide bonds. The fourth-order valence-electron chi connectivity index (χ4n) is 3.42. The van der Waals surface area contributed by atoms with Crippen LogP contribution in [0.25, 0.3) is 0 Å². The minimum atomic E-state index is 0.0350. The highest BCUT2D eigenvalue weighted by Crippen LogP contribution is 2.46. The second-order valence-electron chi connectivity index (χ2n) is 6.39. The van der Waals surface area contributed by atoms with Crippen LogP contribution >= 0.6 is 11.6 Å². The summed E-state index contributed by atoms with van der Waals surface area (Å²) < 4.78 is 0. The Hall–Kier alpha value is -1.47. The van der Waals surface area contributed by atoms with Gasteiger partial charge in [-0.05, 0) is 42.5 Å². The molecule has 0 unspecified atom stereocenters. The molecule has 0 saturated heterocycles. The van der Waals surface area contributed by atoms with Crippen LogP contribution in [0.1, 0.15) is 38.7 Å². The molecule has 0 radical (unpaired) electrons. The van der Waals surface area contributed by atoms with Gasteiger partial charge in [-0.25, -0.2) is 0 Å². The molecule has 1 aliphatic carbocycles. The van der Waals surface area contributed by atoms with Gasteiger partial charge in [-0.3, -0.25) is 0 Å². The Labute approximate surface area is 132 Å². The molecule has 1 nitrogen and oxygen atoms in total. The summed E-state index contributed by atoms with van der Waals surface area (Å²) >= 11 is 6.31. The lowest BCUT2D eigenvalue weighted by Crippen LogP contribution is -2.22. The summed E-state index contributed by atoms with van der Waals surface area (Å²) in [5, 5.41) is 0.925. The van der Waals surface area contributed by atoms with Crippen LogP contribution in [0.3, 0.4) is 0 Å². The number of hydrogen-bond donors (Lipinski definition) is 0. The molecule has 0 N–H and O–H groups in total. The van der Waals surface area contributed by atoms with Crippen molar-refractivity contribution in [2.75, 3.05) is 11.9 Å². The Morgan fingerprint density at radius 3 is 2.67 bits per heavy atom. The van der Waals surface area contributed by atoms with E-state index in [0.29, 0.717) is 0 Å². The number of nitrogens with zero attached hydrogens (tertiary/aromatic N) is 1. The van der Waals surface area contributed by atoms with Gasteiger partial charge >= 0.3 is 0 Å². The molecule has 1 heterocycles. The molecular formula is C19H22ClN. The lowest BCUT2D eigenvalue weighted by atomic mass is 9.83. The molecule has 0 aromatic heterocycles. The quantitative estimate of drug-likeness (QED) is 0.659. The van der Waals surface area contributed by atoms with Crippen molar-refractivity contribution in [3.05, 3.63) is 64.4 Å². The molecule has 110 valence electrons. The first-order valence-corrected chi connectivity index (χ1v) is 8.00. The van der Waals surface area contributed by atoms with Gasteiger partial charge in [0.15, 0.2) is 0 Å². The molecule has 0 bridgehead atoms. The Bertz CT molecular complexity index is 649. The van der Waals surface area contributed by atoms with E-state index in [1.165, 1.54) is 28.9 Å². The van der Waals surface area contributed by atoms with Crippen LogP contribution in [-0.2, 0) is 5.41 Å². The van der Waals surface area contributed by atoms with Crippen LogP contribution in [0.5, 0.6) is 0 Å². The van der Waals surface area contributed by atoms with Gasteiger partial charge in [0, 0.05) is 28.9 Å². The summed E-state index contributed by atoms with van der Waals surface area (Å²) in [4.78, 5) is 2.30. The molecule has 1 aromatic carbocycles. The van der Waals surface area contributed by atoms with Crippen molar-refractivity contribution < 1.29 is 0 Å². The first-order valence-electron chi connectivity index (χ1n) is 7.62. The highest BCUT2D eigenvalue weighted by molar-refractivity contribution is 6.32. The van der Waals surface area contributed by atoms with Gasteiger partial charge in [-0.1, -0.05) is 55.8 Å². The predicted octanol–water partition coefficient (Wildman–Crippen LogP) is 5.53. The summed E-state index contributed by atoms with van der Waals surface area (Å²) in [7, 11) is 2.15. The number of rotatable bonds is 1. The largest absolute Gasteiger partial charge is 0.347 e. The summed E-state index contributed by atoms with van der Waals surface area (Å²) in [6.07, 6.45) is 9.96. The summed E-state index contributed by atoms with van der Waals surface area (Å²) in [5.74, 6) is 0. The minimum Gasteiger partial charge on any atom is -0.347 e. The monoisotopic (exact) mass is 299 g/mol. The highest BCUT2D eigenvalue weighted by atomic mass is 35.5. The molecule has 1 aromatic rings. The number of hydrogen-bond acceptors (Lipinski definition) is 1. The van der Waals surface area contributed by atoms with Crippen molar-refractivity contribution in [2.24, 2.45) is 0 Å². The maximum absolute atomic E-state index is 6.31. The van der Waals surface area contributed by atoms with Gasteiger partial charge in [0.05, 0.1) is 0 Å². The number of allylic oxidation sites excluding steroid dienone is 6. The molecular weight excluding hydrogens is 278 g/mol. The smallest absolute Gasteiger partial charge is 0.0447 e. The molecule has 3 rings (SSSR count). The molecule has 0 fully saturated rings. The van der Waals surface area contributed by atoms with Gasteiger partial charge in [0.25, 0.3) is 0 Å². The van der Waals surface area contributed by atoms with E-state index in [-0.39, 0.29) is 5.41 Å². The van der Waals surface area contributed by atoms with E-state index in [1.54, 1.807) is 0 Å². The Morgan fingerprint density at radius 1 is 1.19 bits per heavy atom. The topological polar surface area (TPSA) is 3.24 Å². The number of anilines is 1. The van der Waals surface area contributed by atoms with E-state index in [2.05, 4.69) is 68.3 Å². The van der Waals surface area contributed by atoms with Gasteiger partial charge in [-0.2, -0.15) is 0 Å². The normalized spacial score (nSPS) is 24.4. The summed E-state index contributed by atoms with van der Waals surface area (Å²) in [5.41, 5.74) is 5.31. The van der Waals surface area contributed by atoms with Gasteiger partial charge in [0.2, 0.25) is 0 Å². The molecule has 0 spiro atoms. The first kappa shape index (κ1) is 14.5. The number of para-hydroxylation sites is 1. The third kappa shape index (κ3) is 2.44. The highest BCUT2D eigenvalue weighted by Gasteiger charge is 2.37.